The Morgan fingerprint density at radius 1 is 1.03 bits per heavy atom. The van der Waals surface area contributed by atoms with E-state index in [0.29, 0.717) is 29.8 Å². The van der Waals surface area contributed by atoms with Gasteiger partial charge in [0, 0.05) is 17.8 Å². The molecule has 39 heavy (non-hydrogen) atoms. The van der Waals surface area contributed by atoms with Crippen molar-refractivity contribution in [3.63, 3.8) is 0 Å². The van der Waals surface area contributed by atoms with Crippen LogP contribution in [-0.4, -0.2) is 41.0 Å². The molecule has 0 aliphatic rings. The van der Waals surface area contributed by atoms with E-state index in [4.69, 9.17) is 11.2 Å². The molecule has 2 aromatic rings. The number of anilines is 1. The Bertz CT molecular complexity index is 1160. The van der Waals surface area contributed by atoms with Crippen molar-refractivity contribution in [2.75, 3.05) is 11.9 Å². The number of hydrogen-bond acceptors (Lipinski definition) is 4. The predicted molar refractivity (Wildman–Crippen MR) is 156 cm³/mol. The minimum atomic E-state index is -0.942. The predicted octanol–water partition coefficient (Wildman–Crippen LogP) is 6.22. The normalized spacial score (nSPS) is 12.7. The molecule has 2 rings (SSSR count). The average molecular weight is 534 g/mol. The molecule has 210 valence electrons. The van der Waals surface area contributed by atoms with Crippen molar-refractivity contribution in [3.8, 4) is 12.3 Å². The van der Waals surface area contributed by atoms with Gasteiger partial charge in [-0.2, -0.15) is 0 Å². The number of carbonyl (C=O) groups excluding carboxylic acids is 3. The van der Waals surface area contributed by atoms with Gasteiger partial charge in [0.2, 0.25) is 5.91 Å². The summed E-state index contributed by atoms with van der Waals surface area (Å²) >= 11 is 0. The lowest BCUT2D eigenvalue weighted by molar-refractivity contribution is -0.141. The number of aryl methyl sites for hydroxylation is 1. The number of nitrogens with one attached hydrogen (secondary N) is 2. The van der Waals surface area contributed by atoms with Gasteiger partial charge in [-0.25, -0.2) is 4.79 Å². The Morgan fingerprint density at radius 2 is 1.67 bits per heavy atom. The summed E-state index contributed by atoms with van der Waals surface area (Å²) in [6, 6.07) is 12.7. The number of nitrogens with zero attached hydrogens (tertiary/aromatic N) is 1. The van der Waals surface area contributed by atoms with Gasteiger partial charge >= 0.3 is 6.09 Å². The first kappa shape index (κ1) is 31.4. The highest BCUT2D eigenvalue weighted by Gasteiger charge is 2.37. The fourth-order valence-corrected chi connectivity index (χ4v) is 4.17. The fourth-order valence-electron chi connectivity index (χ4n) is 4.17. The van der Waals surface area contributed by atoms with Gasteiger partial charge in [-0.1, -0.05) is 69.9 Å². The third-order valence-electron chi connectivity index (χ3n) is 6.25. The molecule has 0 fully saturated rings. The summed E-state index contributed by atoms with van der Waals surface area (Å²) in [5.41, 5.74) is 2.16. The first-order valence-electron chi connectivity index (χ1n) is 13.6. The second-order valence-electron chi connectivity index (χ2n) is 11.1. The Labute approximate surface area is 233 Å². The fraction of sp³-hybridized carbons (Fsp3) is 0.469. The molecule has 2 N–H and O–H groups in total. The molecule has 2 unspecified atom stereocenters. The van der Waals surface area contributed by atoms with Crippen molar-refractivity contribution in [1.29, 1.82) is 0 Å². The van der Waals surface area contributed by atoms with Gasteiger partial charge in [-0.05, 0) is 69.4 Å². The zero-order valence-corrected chi connectivity index (χ0v) is 24.3. The third-order valence-corrected chi connectivity index (χ3v) is 6.25. The van der Waals surface area contributed by atoms with Crippen LogP contribution in [0.3, 0.4) is 0 Å². The van der Waals surface area contributed by atoms with Crippen LogP contribution in [-0.2, 0) is 14.3 Å². The van der Waals surface area contributed by atoms with Crippen LogP contribution in [0.15, 0.2) is 48.5 Å². The highest BCUT2D eigenvalue weighted by Crippen LogP contribution is 2.27. The molecule has 0 saturated heterocycles. The number of rotatable bonds is 11. The number of ether oxygens (including phenoxy) is 1. The lowest BCUT2D eigenvalue weighted by Gasteiger charge is -2.35. The summed E-state index contributed by atoms with van der Waals surface area (Å²) in [5.74, 6) is 1.65. The molecule has 0 spiro atoms. The van der Waals surface area contributed by atoms with E-state index >= 15 is 0 Å². The van der Waals surface area contributed by atoms with Crippen molar-refractivity contribution >= 4 is 23.6 Å². The number of carbonyl (C=O) groups is 3. The van der Waals surface area contributed by atoms with Gasteiger partial charge in [0.25, 0.3) is 5.91 Å². The maximum Gasteiger partial charge on any atom is 0.408 e. The number of alkyl carbamates (subject to hydrolysis) is 1. The van der Waals surface area contributed by atoms with Gasteiger partial charge < -0.3 is 20.3 Å². The topological polar surface area (TPSA) is 87.7 Å². The molecule has 0 aliphatic carbocycles. The van der Waals surface area contributed by atoms with E-state index in [0.717, 1.165) is 18.4 Å². The van der Waals surface area contributed by atoms with Gasteiger partial charge in [0.15, 0.2) is 0 Å². The van der Waals surface area contributed by atoms with E-state index < -0.39 is 23.8 Å². The SMILES string of the molecule is C#Cc1ccc(C(C(=O)Nc2ccccc2C)N(CCCCC)C(=O)C(NC(=O)OC(C)(C)C)C(C)C)cc1. The summed E-state index contributed by atoms with van der Waals surface area (Å²) in [4.78, 5) is 42.4. The van der Waals surface area contributed by atoms with Crippen molar-refractivity contribution in [2.45, 2.75) is 85.4 Å². The molecular formula is C32H43N3O4. The number of terminal acetylenes is 1. The van der Waals surface area contributed by atoms with Crippen LogP contribution in [0.1, 0.15) is 83.5 Å². The summed E-state index contributed by atoms with van der Waals surface area (Å²) in [6.45, 7) is 13.3. The van der Waals surface area contributed by atoms with Crippen molar-refractivity contribution in [1.82, 2.24) is 10.2 Å². The van der Waals surface area contributed by atoms with E-state index in [-0.39, 0.29) is 17.7 Å². The molecular weight excluding hydrogens is 490 g/mol. The number of hydrogen-bond donors (Lipinski definition) is 2. The van der Waals surface area contributed by atoms with Crippen LogP contribution in [0, 0.1) is 25.2 Å². The van der Waals surface area contributed by atoms with Gasteiger partial charge in [-0.3, -0.25) is 9.59 Å². The Morgan fingerprint density at radius 3 is 2.21 bits per heavy atom. The van der Waals surface area contributed by atoms with Gasteiger partial charge in [0.05, 0.1) is 0 Å². The van der Waals surface area contributed by atoms with Gasteiger partial charge in [-0.15, -0.1) is 6.42 Å². The minimum Gasteiger partial charge on any atom is -0.444 e. The molecule has 7 nitrogen and oxygen atoms in total. The highest BCUT2D eigenvalue weighted by molar-refractivity contribution is 5.99. The molecule has 0 saturated carbocycles. The molecule has 7 heteroatoms. The lowest BCUT2D eigenvalue weighted by atomic mass is 9.97. The van der Waals surface area contributed by atoms with Crippen molar-refractivity contribution in [2.24, 2.45) is 5.92 Å². The monoisotopic (exact) mass is 533 g/mol. The zero-order chi connectivity index (χ0) is 29.2. The average Bonchev–Trinajstić information content (AvgIpc) is 2.87. The summed E-state index contributed by atoms with van der Waals surface area (Å²) in [5, 5.41) is 5.77. The molecule has 0 bridgehead atoms. The second-order valence-corrected chi connectivity index (χ2v) is 11.1. The summed E-state index contributed by atoms with van der Waals surface area (Å²) in [7, 11) is 0. The number of para-hydroxylation sites is 1. The molecule has 0 aliphatic heterocycles. The van der Waals surface area contributed by atoms with E-state index in [1.54, 1.807) is 49.9 Å². The van der Waals surface area contributed by atoms with Crippen LogP contribution >= 0.6 is 0 Å². The highest BCUT2D eigenvalue weighted by atomic mass is 16.6. The van der Waals surface area contributed by atoms with Crippen molar-refractivity contribution < 1.29 is 19.1 Å². The van der Waals surface area contributed by atoms with Gasteiger partial charge in [0.1, 0.15) is 17.7 Å². The lowest BCUT2D eigenvalue weighted by Crippen LogP contribution is -2.54. The Hall–Kier alpha value is -3.79. The molecule has 2 aromatic carbocycles. The molecule has 0 aromatic heterocycles. The summed E-state index contributed by atoms with van der Waals surface area (Å²) in [6.07, 6.45) is 7.42. The molecule has 2 atom stereocenters. The molecule has 0 radical (unpaired) electrons. The van der Waals surface area contributed by atoms with E-state index in [9.17, 15) is 14.4 Å². The number of benzene rings is 2. The van der Waals surface area contributed by atoms with Crippen LogP contribution < -0.4 is 10.6 Å². The first-order valence-corrected chi connectivity index (χ1v) is 13.6. The van der Waals surface area contributed by atoms with E-state index in [1.807, 2.05) is 45.0 Å². The van der Waals surface area contributed by atoms with Crippen LogP contribution in [0.5, 0.6) is 0 Å². The molecule has 0 heterocycles. The maximum atomic E-state index is 14.2. The van der Waals surface area contributed by atoms with Crippen LogP contribution in [0.4, 0.5) is 10.5 Å². The number of unbranched alkanes of at least 4 members (excludes halogenated alkanes) is 2. The van der Waals surface area contributed by atoms with Crippen molar-refractivity contribution in [3.05, 3.63) is 65.2 Å². The minimum absolute atomic E-state index is 0.248. The van der Waals surface area contributed by atoms with Crippen LogP contribution in [0.25, 0.3) is 0 Å². The summed E-state index contributed by atoms with van der Waals surface area (Å²) < 4.78 is 5.44. The quantitative estimate of drug-likeness (QED) is 0.265. The van der Waals surface area contributed by atoms with E-state index in [1.165, 1.54) is 0 Å². The smallest absolute Gasteiger partial charge is 0.408 e. The third kappa shape index (κ3) is 9.47. The van der Waals surface area contributed by atoms with Crippen LogP contribution in [0.2, 0.25) is 0 Å². The maximum absolute atomic E-state index is 14.2. The second kappa shape index (κ2) is 14.4. The Kier molecular flexibility index (Phi) is 11.6. The standard InChI is InChI=1S/C32H43N3O4/c1-9-11-14-21-35(30(37)27(22(3)4)34-31(38)39-32(6,7)8)28(25-19-17-24(10-2)18-20-25)29(36)33-26-16-13-12-15-23(26)5/h2,12-13,15-20,22,27-28H,9,11,14,21H2,1,3-8H3,(H,33,36)(H,34,38). The number of amides is 3. The molecule has 3 amide bonds. The largest absolute Gasteiger partial charge is 0.444 e. The Balaban J connectivity index is 2.55. The zero-order valence-electron chi connectivity index (χ0n) is 24.3. The first-order chi connectivity index (χ1) is 18.4. The van der Waals surface area contributed by atoms with E-state index in [2.05, 4.69) is 23.5 Å².